The topological polar surface area (TPSA) is 58.4 Å². The van der Waals surface area contributed by atoms with Crippen LogP contribution in [0.1, 0.15) is 32.6 Å². The second kappa shape index (κ2) is 6.70. The standard InChI is InChI=1S/C15H22FN3O/c1-11(17)4-7-15(20)18-12-5-6-14(13(16)10-12)19-8-2-3-9-19/h5-6,10-11H,2-4,7-9,17H2,1H3,(H,18,20). The number of hydrogen-bond donors (Lipinski definition) is 2. The van der Waals surface area contributed by atoms with Crippen molar-refractivity contribution in [2.75, 3.05) is 23.3 Å². The Morgan fingerprint density at radius 2 is 2.15 bits per heavy atom. The van der Waals surface area contributed by atoms with Crippen molar-refractivity contribution in [1.29, 1.82) is 0 Å². The molecule has 1 fully saturated rings. The van der Waals surface area contributed by atoms with Gasteiger partial charge in [-0.2, -0.15) is 0 Å². The molecule has 1 amide bonds. The van der Waals surface area contributed by atoms with Crippen molar-refractivity contribution in [1.82, 2.24) is 0 Å². The smallest absolute Gasteiger partial charge is 0.224 e. The van der Waals surface area contributed by atoms with E-state index in [1.807, 2.05) is 11.8 Å². The van der Waals surface area contributed by atoms with Crippen molar-refractivity contribution in [3.8, 4) is 0 Å². The van der Waals surface area contributed by atoms with Crippen molar-refractivity contribution in [3.63, 3.8) is 0 Å². The molecule has 0 aliphatic carbocycles. The maximum absolute atomic E-state index is 14.1. The Bertz CT molecular complexity index is 470. The number of nitrogens with two attached hydrogens (primary N) is 1. The number of halogens is 1. The van der Waals surface area contributed by atoms with Crippen LogP contribution in [-0.2, 0) is 4.79 Å². The summed E-state index contributed by atoms with van der Waals surface area (Å²) in [4.78, 5) is 13.7. The van der Waals surface area contributed by atoms with Gasteiger partial charge in [0.25, 0.3) is 0 Å². The minimum atomic E-state index is -0.281. The van der Waals surface area contributed by atoms with Gasteiger partial charge in [-0.1, -0.05) is 0 Å². The molecule has 5 heteroatoms. The van der Waals surface area contributed by atoms with E-state index < -0.39 is 0 Å². The quantitative estimate of drug-likeness (QED) is 0.870. The molecule has 110 valence electrons. The summed E-state index contributed by atoms with van der Waals surface area (Å²) in [5.41, 5.74) is 6.72. The molecule has 1 aromatic rings. The molecular formula is C15H22FN3O. The maximum Gasteiger partial charge on any atom is 0.224 e. The Labute approximate surface area is 119 Å². The van der Waals surface area contributed by atoms with Crippen LogP contribution in [0.4, 0.5) is 15.8 Å². The fraction of sp³-hybridized carbons (Fsp3) is 0.533. The number of anilines is 2. The molecule has 1 heterocycles. The summed E-state index contributed by atoms with van der Waals surface area (Å²) in [6.07, 6.45) is 3.19. The fourth-order valence-electron chi connectivity index (χ4n) is 2.38. The average molecular weight is 279 g/mol. The van der Waals surface area contributed by atoms with E-state index in [9.17, 15) is 9.18 Å². The van der Waals surface area contributed by atoms with E-state index in [1.54, 1.807) is 12.1 Å². The van der Waals surface area contributed by atoms with Gasteiger partial charge in [-0.25, -0.2) is 4.39 Å². The molecule has 3 N–H and O–H groups in total. The lowest BCUT2D eigenvalue weighted by Gasteiger charge is -2.18. The third-order valence-corrected chi connectivity index (χ3v) is 3.50. The monoisotopic (exact) mass is 279 g/mol. The number of rotatable bonds is 5. The van der Waals surface area contributed by atoms with E-state index in [-0.39, 0.29) is 17.8 Å². The highest BCUT2D eigenvalue weighted by molar-refractivity contribution is 5.90. The van der Waals surface area contributed by atoms with Crippen LogP contribution in [-0.4, -0.2) is 25.0 Å². The fourth-order valence-corrected chi connectivity index (χ4v) is 2.38. The SMILES string of the molecule is CC(N)CCC(=O)Nc1ccc(N2CCCC2)c(F)c1. The van der Waals surface area contributed by atoms with Crippen LogP contribution in [0, 0.1) is 5.82 Å². The lowest BCUT2D eigenvalue weighted by Crippen LogP contribution is -2.20. The largest absolute Gasteiger partial charge is 0.369 e. The highest BCUT2D eigenvalue weighted by Gasteiger charge is 2.16. The van der Waals surface area contributed by atoms with E-state index in [0.29, 0.717) is 24.2 Å². The number of carbonyl (C=O) groups excluding carboxylic acids is 1. The summed E-state index contributed by atoms with van der Waals surface area (Å²) >= 11 is 0. The predicted octanol–water partition coefficient (Wildman–Crippen LogP) is 2.49. The first-order valence-corrected chi connectivity index (χ1v) is 7.16. The van der Waals surface area contributed by atoms with Gasteiger partial charge in [0.05, 0.1) is 5.69 Å². The van der Waals surface area contributed by atoms with Gasteiger partial charge in [-0.3, -0.25) is 4.79 Å². The Morgan fingerprint density at radius 3 is 2.75 bits per heavy atom. The summed E-state index contributed by atoms with van der Waals surface area (Å²) in [7, 11) is 0. The molecule has 0 spiro atoms. The van der Waals surface area contributed by atoms with Crippen molar-refractivity contribution in [2.45, 2.75) is 38.6 Å². The second-order valence-electron chi connectivity index (χ2n) is 5.42. The number of nitrogens with one attached hydrogen (secondary N) is 1. The van der Waals surface area contributed by atoms with Crippen LogP contribution >= 0.6 is 0 Å². The molecule has 4 nitrogen and oxygen atoms in total. The highest BCUT2D eigenvalue weighted by atomic mass is 19.1. The number of carbonyl (C=O) groups is 1. The van der Waals surface area contributed by atoms with Gasteiger partial charge in [-0.05, 0) is 44.4 Å². The zero-order valence-corrected chi connectivity index (χ0v) is 11.9. The average Bonchev–Trinajstić information content (AvgIpc) is 2.90. The first-order valence-electron chi connectivity index (χ1n) is 7.16. The molecule has 0 bridgehead atoms. The Kier molecular flexibility index (Phi) is 4.95. The lowest BCUT2D eigenvalue weighted by molar-refractivity contribution is -0.116. The number of benzene rings is 1. The minimum Gasteiger partial charge on any atom is -0.369 e. The van der Waals surface area contributed by atoms with Gasteiger partial charge in [-0.15, -0.1) is 0 Å². The molecule has 1 saturated heterocycles. The molecule has 1 aliphatic heterocycles. The normalized spacial score (nSPS) is 16.2. The van der Waals surface area contributed by atoms with Gasteiger partial charge in [0.1, 0.15) is 5.82 Å². The molecular weight excluding hydrogens is 257 g/mol. The summed E-state index contributed by atoms with van der Waals surface area (Å²) in [6.45, 7) is 3.66. The van der Waals surface area contributed by atoms with Crippen molar-refractivity contribution in [2.24, 2.45) is 5.73 Å². The van der Waals surface area contributed by atoms with E-state index in [0.717, 1.165) is 25.9 Å². The second-order valence-corrected chi connectivity index (χ2v) is 5.42. The maximum atomic E-state index is 14.1. The first kappa shape index (κ1) is 14.8. The third kappa shape index (κ3) is 3.93. The van der Waals surface area contributed by atoms with Crippen LogP contribution in [0.15, 0.2) is 18.2 Å². The van der Waals surface area contributed by atoms with Crippen LogP contribution < -0.4 is 16.0 Å². The van der Waals surface area contributed by atoms with Crippen molar-refractivity contribution < 1.29 is 9.18 Å². The third-order valence-electron chi connectivity index (χ3n) is 3.50. The van der Waals surface area contributed by atoms with Crippen LogP contribution in [0.3, 0.4) is 0 Å². The minimum absolute atomic E-state index is 0.00460. The van der Waals surface area contributed by atoms with Crippen LogP contribution in [0.5, 0.6) is 0 Å². The molecule has 20 heavy (non-hydrogen) atoms. The van der Waals surface area contributed by atoms with Gasteiger partial charge in [0.15, 0.2) is 0 Å². The van der Waals surface area contributed by atoms with Crippen LogP contribution in [0.2, 0.25) is 0 Å². The van der Waals surface area contributed by atoms with Gasteiger partial charge in [0, 0.05) is 31.2 Å². The Morgan fingerprint density at radius 1 is 1.45 bits per heavy atom. The molecule has 1 aromatic carbocycles. The Hall–Kier alpha value is -1.62. The zero-order valence-electron chi connectivity index (χ0n) is 11.9. The van der Waals surface area contributed by atoms with Gasteiger partial charge >= 0.3 is 0 Å². The van der Waals surface area contributed by atoms with Gasteiger partial charge < -0.3 is 16.0 Å². The van der Waals surface area contributed by atoms with Crippen LogP contribution in [0.25, 0.3) is 0 Å². The molecule has 1 atom stereocenters. The number of amides is 1. The Balaban J connectivity index is 1.96. The molecule has 1 aliphatic rings. The van der Waals surface area contributed by atoms with Gasteiger partial charge in [0.2, 0.25) is 5.91 Å². The summed E-state index contributed by atoms with van der Waals surface area (Å²) in [5, 5.41) is 2.70. The lowest BCUT2D eigenvalue weighted by atomic mass is 10.2. The first-order chi connectivity index (χ1) is 9.56. The molecule has 1 unspecified atom stereocenters. The molecule has 0 saturated carbocycles. The summed E-state index contributed by atoms with van der Waals surface area (Å²) in [5.74, 6) is -0.410. The van der Waals surface area contributed by atoms with E-state index in [1.165, 1.54) is 6.07 Å². The number of hydrogen-bond acceptors (Lipinski definition) is 3. The molecule has 0 aromatic heterocycles. The summed E-state index contributed by atoms with van der Waals surface area (Å²) < 4.78 is 14.1. The number of nitrogens with zero attached hydrogens (tertiary/aromatic N) is 1. The van der Waals surface area contributed by atoms with Crippen molar-refractivity contribution in [3.05, 3.63) is 24.0 Å². The molecule has 0 radical (unpaired) electrons. The van der Waals surface area contributed by atoms with E-state index >= 15 is 0 Å². The van der Waals surface area contributed by atoms with E-state index in [4.69, 9.17) is 5.73 Å². The zero-order chi connectivity index (χ0) is 14.5. The summed E-state index contributed by atoms with van der Waals surface area (Å²) in [6, 6.07) is 4.87. The predicted molar refractivity (Wildman–Crippen MR) is 79.4 cm³/mol. The molecule has 2 rings (SSSR count). The highest BCUT2D eigenvalue weighted by Crippen LogP contribution is 2.26. The van der Waals surface area contributed by atoms with E-state index in [2.05, 4.69) is 5.32 Å². The van der Waals surface area contributed by atoms with Crippen molar-refractivity contribution >= 4 is 17.3 Å².